The number of aromatic carboxylic acids is 1. The fourth-order valence-electron chi connectivity index (χ4n) is 5.33. The molecule has 3 atom stereocenters. The average molecular weight is 598 g/mol. The molecule has 2 aliphatic rings. The summed E-state index contributed by atoms with van der Waals surface area (Å²) < 4.78 is 43.9. The highest BCUT2D eigenvalue weighted by molar-refractivity contribution is 8.00. The molecule has 3 unspecified atom stereocenters. The summed E-state index contributed by atoms with van der Waals surface area (Å²) in [6.07, 6.45) is 3.94. The number of halogens is 3. The Morgan fingerprint density at radius 2 is 1.81 bits per heavy atom. The van der Waals surface area contributed by atoms with Crippen LogP contribution in [-0.2, 0) is 6.42 Å². The van der Waals surface area contributed by atoms with Crippen molar-refractivity contribution in [3.05, 3.63) is 101 Å². The minimum Gasteiger partial charge on any atom is -0.496 e. The second-order valence-corrected chi connectivity index (χ2v) is 11.0. The number of fused-ring (bicyclic) bond motifs is 2. The molecule has 1 aliphatic heterocycles. The lowest BCUT2D eigenvalue weighted by molar-refractivity contribution is -0.0328. The van der Waals surface area contributed by atoms with Crippen molar-refractivity contribution in [2.24, 2.45) is 5.92 Å². The van der Waals surface area contributed by atoms with Crippen molar-refractivity contribution >= 4 is 35.4 Å². The molecule has 1 aliphatic carbocycles. The van der Waals surface area contributed by atoms with Gasteiger partial charge in [-0.05, 0) is 72.1 Å². The van der Waals surface area contributed by atoms with E-state index in [2.05, 4.69) is 10.6 Å². The maximum Gasteiger partial charge on any atom is 0.446 e. The number of hydrogen-bond acceptors (Lipinski definition) is 5. The van der Waals surface area contributed by atoms with Crippen LogP contribution >= 0.6 is 11.8 Å². The third-order valence-corrected chi connectivity index (χ3v) is 7.86. The number of hydrogen-bond donors (Lipinski definition) is 3. The number of rotatable bonds is 8. The second-order valence-electron chi connectivity index (χ2n) is 9.86. The summed E-state index contributed by atoms with van der Waals surface area (Å²) in [6, 6.07) is 16.2. The van der Waals surface area contributed by atoms with Gasteiger partial charge in [0.2, 0.25) is 0 Å². The van der Waals surface area contributed by atoms with Crippen molar-refractivity contribution in [1.82, 2.24) is 10.2 Å². The molecule has 1 heterocycles. The van der Waals surface area contributed by atoms with Crippen LogP contribution in [0.3, 0.4) is 0 Å². The third-order valence-electron chi connectivity index (χ3n) is 7.14. The number of benzene rings is 3. The summed E-state index contributed by atoms with van der Waals surface area (Å²) in [4.78, 5) is 39.9. The Kier molecular flexibility index (Phi) is 8.17. The number of nitrogens with zero attached hydrogens (tertiary/aromatic N) is 1. The Hall–Kier alpha value is -4.45. The Morgan fingerprint density at radius 3 is 2.55 bits per heavy atom. The molecule has 3 aromatic rings. The number of carboxylic acids is 1. The Labute approximate surface area is 243 Å². The number of carbonyl (C=O) groups is 3. The van der Waals surface area contributed by atoms with E-state index in [0.717, 1.165) is 0 Å². The number of amides is 3. The van der Waals surface area contributed by atoms with Gasteiger partial charge in [-0.1, -0.05) is 42.5 Å². The minimum absolute atomic E-state index is 0.0639. The highest BCUT2D eigenvalue weighted by Crippen LogP contribution is 2.39. The Balaban J connectivity index is 1.34. The van der Waals surface area contributed by atoms with Gasteiger partial charge in [0.25, 0.3) is 5.91 Å². The summed E-state index contributed by atoms with van der Waals surface area (Å²) in [5, 5.41) is 15.1. The molecule has 2 bridgehead atoms. The van der Waals surface area contributed by atoms with E-state index in [0.29, 0.717) is 23.3 Å². The van der Waals surface area contributed by atoms with Gasteiger partial charge < -0.3 is 20.5 Å². The number of likely N-dealkylation sites (tertiary alicyclic amines) is 1. The number of alkyl halides is 3. The van der Waals surface area contributed by atoms with E-state index >= 15 is 0 Å². The fourth-order valence-corrected chi connectivity index (χ4v) is 5.93. The fraction of sp³-hybridized carbons (Fsp3) is 0.233. The van der Waals surface area contributed by atoms with Gasteiger partial charge in [0, 0.05) is 16.5 Å². The molecule has 42 heavy (non-hydrogen) atoms. The molecule has 3 aromatic carbocycles. The third kappa shape index (κ3) is 6.38. The van der Waals surface area contributed by atoms with E-state index in [1.165, 1.54) is 42.3 Å². The second kappa shape index (κ2) is 11.8. The van der Waals surface area contributed by atoms with Gasteiger partial charge in [0.1, 0.15) is 11.9 Å². The van der Waals surface area contributed by atoms with Gasteiger partial charge in [-0.3, -0.25) is 9.69 Å². The van der Waals surface area contributed by atoms with Crippen LogP contribution in [0.15, 0.2) is 83.8 Å². The van der Waals surface area contributed by atoms with Crippen LogP contribution in [0.4, 0.5) is 23.7 Å². The van der Waals surface area contributed by atoms with Gasteiger partial charge in [-0.2, -0.15) is 13.2 Å². The van der Waals surface area contributed by atoms with E-state index in [1.54, 1.807) is 36.4 Å². The lowest BCUT2D eigenvalue weighted by Gasteiger charge is -2.33. The zero-order chi connectivity index (χ0) is 30.0. The first-order valence-corrected chi connectivity index (χ1v) is 13.8. The lowest BCUT2D eigenvalue weighted by Crippen LogP contribution is -2.54. The van der Waals surface area contributed by atoms with Crippen molar-refractivity contribution in [3.63, 3.8) is 0 Å². The minimum atomic E-state index is -4.46. The molecule has 218 valence electrons. The van der Waals surface area contributed by atoms with E-state index < -0.39 is 29.6 Å². The number of urea groups is 1. The first kappa shape index (κ1) is 29.1. The molecule has 3 N–H and O–H groups in total. The summed E-state index contributed by atoms with van der Waals surface area (Å²) in [7, 11) is 1.43. The van der Waals surface area contributed by atoms with E-state index in [1.807, 2.05) is 12.2 Å². The zero-order valence-corrected chi connectivity index (χ0v) is 23.0. The standard InChI is InChI=1S/C30H26F3N3O5S/c1-41-25-12-9-17(13-18-5-2-3-8-23(18)28(38)39)14-24(25)27(37)35-26-19-10-11-21(15-19)36(26)29(40)34-20-6-4-7-22(16-20)42-30(31,32)33/h2-12,14,16,19,21,26H,13,15H2,1H3,(H,34,40)(H,35,37)(H,38,39). The van der Waals surface area contributed by atoms with Crippen LogP contribution in [0.25, 0.3) is 0 Å². The number of nitrogens with one attached hydrogen (secondary N) is 2. The number of anilines is 1. The molecule has 0 spiro atoms. The monoisotopic (exact) mass is 597 g/mol. The molecule has 0 saturated carbocycles. The summed E-state index contributed by atoms with van der Waals surface area (Å²) in [5.74, 6) is -1.40. The maximum absolute atomic E-state index is 13.6. The van der Waals surface area contributed by atoms with Crippen LogP contribution in [0.2, 0.25) is 0 Å². The largest absolute Gasteiger partial charge is 0.496 e. The zero-order valence-electron chi connectivity index (χ0n) is 22.2. The van der Waals surface area contributed by atoms with Crippen molar-refractivity contribution in [2.45, 2.75) is 35.5 Å². The van der Waals surface area contributed by atoms with Crippen LogP contribution in [0.1, 0.15) is 38.3 Å². The normalized spacial score (nSPS) is 19.0. The van der Waals surface area contributed by atoms with E-state index in [4.69, 9.17) is 4.74 Å². The Bertz CT molecular complexity index is 1560. The number of carbonyl (C=O) groups excluding carboxylic acids is 2. The number of carboxylic acid groups (broad SMARTS) is 1. The number of ether oxygens (including phenoxy) is 1. The predicted molar refractivity (Wildman–Crippen MR) is 151 cm³/mol. The molecule has 12 heteroatoms. The van der Waals surface area contributed by atoms with Crippen LogP contribution < -0.4 is 15.4 Å². The number of methoxy groups -OCH3 is 1. The topological polar surface area (TPSA) is 108 Å². The molecule has 0 aromatic heterocycles. The van der Waals surface area contributed by atoms with Gasteiger partial charge in [0.05, 0.1) is 24.3 Å². The molecule has 8 nitrogen and oxygen atoms in total. The molecular formula is C30H26F3N3O5S. The molecule has 5 rings (SSSR count). The van der Waals surface area contributed by atoms with E-state index in [-0.39, 0.29) is 51.9 Å². The lowest BCUT2D eigenvalue weighted by atomic mass is 9.98. The van der Waals surface area contributed by atoms with Crippen molar-refractivity contribution < 1.29 is 37.4 Å². The van der Waals surface area contributed by atoms with Crippen LogP contribution in [0, 0.1) is 5.92 Å². The van der Waals surface area contributed by atoms with Gasteiger partial charge in [-0.25, -0.2) is 9.59 Å². The predicted octanol–water partition coefficient (Wildman–Crippen LogP) is 6.14. The smallest absolute Gasteiger partial charge is 0.446 e. The van der Waals surface area contributed by atoms with Crippen molar-refractivity contribution in [1.29, 1.82) is 0 Å². The summed E-state index contributed by atoms with van der Waals surface area (Å²) >= 11 is -0.274. The molecule has 1 fully saturated rings. The number of thioether (sulfide) groups is 1. The first-order valence-electron chi connectivity index (χ1n) is 12.9. The SMILES string of the molecule is COc1ccc(Cc2ccccc2C(=O)O)cc1C(=O)NC1C2C=CC(C2)N1C(=O)Nc1cccc(SC(F)(F)F)c1. The van der Waals surface area contributed by atoms with Crippen LogP contribution in [0.5, 0.6) is 5.75 Å². The highest BCUT2D eigenvalue weighted by atomic mass is 32.2. The quantitative estimate of drug-likeness (QED) is 0.213. The molecule has 3 amide bonds. The maximum atomic E-state index is 13.6. The van der Waals surface area contributed by atoms with Gasteiger partial charge in [-0.15, -0.1) is 0 Å². The molecule has 1 saturated heterocycles. The van der Waals surface area contributed by atoms with E-state index in [9.17, 15) is 32.7 Å². The van der Waals surface area contributed by atoms with Crippen molar-refractivity contribution in [3.8, 4) is 5.75 Å². The molecule has 0 radical (unpaired) electrons. The van der Waals surface area contributed by atoms with Gasteiger partial charge >= 0.3 is 17.5 Å². The average Bonchev–Trinajstić information content (AvgIpc) is 3.54. The first-order chi connectivity index (χ1) is 20.0. The highest BCUT2D eigenvalue weighted by Gasteiger charge is 2.46. The van der Waals surface area contributed by atoms with Crippen molar-refractivity contribution in [2.75, 3.05) is 12.4 Å². The summed E-state index contributed by atoms with van der Waals surface area (Å²) in [5.41, 5.74) is -2.62. The van der Waals surface area contributed by atoms with Crippen LogP contribution in [-0.4, -0.2) is 52.7 Å². The summed E-state index contributed by atoms with van der Waals surface area (Å²) in [6.45, 7) is 0. The van der Waals surface area contributed by atoms with Gasteiger partial charge in [0.15, 0.2) is 0 Å². The molecular weight excluding hydrogens is 571 g/mol. The Morgan fingerprint density at radius 1 is 1.02 bits per heavy atom.